The van der Waals surface area contributed by atoms with E-state index in [1.807, 2.05) is 30.3 Å². The summed E-state index contributed by atoms with van der Waals surface area (Å²) in [6.07, 6.45) is 0. The number of rotatable bonds is 4. The molecular weight excluding hydrogens is 384 g/mol. The van der Waals surface area contributed by atoms with E-state index in [-0.39, 0.29) is 6.54 Å². The summed E-state index contributed by atoms with van der Waals surface area (Å²) in [5.74, 6) is -1.64. The van der Waals surface area contributed by atoms with Crippen molar-refractivity contribution in [1.82, 2.24) is 5.32 Å². The SMILES string of the molecule is Cc1c(Cl)cccc1NC(=O)C(=O)NC[C@](C)(O)c1cc2ccccc2s1. The van der Waals surface area contributed by atoms with Crippen molar-refractivity contribution in [2.24, 2.45) is 0 Å². The second-order valence-corrected chi connectivity index (χ2v) is 7.96. The molecule has 5 nitrogen and oxygen atoms in total. The third kappa shape index (κ3) is 4.30. The largest absolute Gasteiger partial charge is 0.383 e. The Morgan fingerprint density at radius 1 is 1.15 bits per heavy atom. The topological polar surface area (TPSA) is 78.4 Å². The molecule has 140 valence electrons. The summed E-state index contributed by atoms with van der Waals surface area (Å²) in [6.45, 7) is 3.28. The van der Waals surface area contributed by atoms with Crippen LogP contribution in [0.5, 0.6) is 0 Å². The molecule has 0 fully saturated rings. The van der Waals surface area contributed by atoms with Crippen molar-refractivity contribution in [3.8, 4) is 0 Å². The molecule has 3 rings (SSSR count). The Morgan fingerprint density at radius 2 is 1.89 bits per heavy atom. The molecule has 0 aliphatic rings. The molecule has 3 aromatic rings. The summed E-state index contributed by atoms with van der Waals surface area (Å²) in [7, 11) is 0. The Labute approximate surface area is 166 Å². The van der Waals surface area contributed by atoms with E-state index < -0.39 is 17.4 Å². The lowest BCUT2D eigenvalue weighted by Crippen LogP contribution is -2.43. The molecule has 0 aliphatic carbocycles. The Balaban J connectivity index is 1.65. The number of fused-ring (bicyclic) bond motifs is 1. The summed E-state index contributed by atoms with van der Waals surface area (Å²) >= 11 is 7.47. The molecule has 7 heteroatoms. The van der Waals surface area contributed by atoms with Gasteiger partial charge in [-0.15, -0.1) is 11.3 Å². The van der Waals surface area contributed by atoms with E-state index in [0.29, 0.717) is 16.3 Å². The minimum Gasteiger partial charge on any atom is -0.383 e. The van der Waals surface area contributed by atoms with E-state index in [1.54, 1.807) is 32.0 Å². The zero-order valence-corrected chi connectivity index (χ0v) is 16.4. The number of halogens is 1. The maximum atomic E-state index is 12.1. The number of hydrogen-bond acceptors (Lipinski definition) is 4. The lowest BCUT2D eigenvalue weighted by molar-refractivity contribution is -0.136. The molecule has 0 unspecified atom stereocenters. The van der Waals surface area contributed by atoms with Gasteiger partial charge in [0.05, 0.1) is 6.54 Å². The maximum Gasteiger partial charge on any atom is 0.313 e. The second kappa shape index (κ2) is 7.68. The number of hydrogen-bond donors (Lipinski definition) is 3. The molecule has 0 aliphatic heterocycles. The van der Waals surface area contributed by atoms with Gasteiger partial charge in [-0.3, -0.25) is 9.59 Å². The lowest BCUT2D eigenvalue weighted by Gasteiger charge is -2.22. The summed E-state index contributed by atoms with van der Waals surface area (Å²) < 4.78 is 1.05. The summed E-state index contributed by atoms with van der Waals surface area (Å²) in [5.41, 5.74) is -0.137. The highest BCUT2D eigenvalue weighted by atomic mass is 35.5. The highest BCUT2D eigenvalue weighted by Crippen LogP contribution is 2.32. The summed E-state index contributed by atoms with van der Waals surface area (Å²) in [5, 5.41) is 17.3. The van der Waals surface area contributed by atoms with Gasteiger partial charge in [0.1, 0.15) is 5.60 Å². The van der Waals surface area contributed by atoms with Crippen molar-refractivity contribution in [2.75, 3.05) is 11.9 Å². The van der Waals surface area contributed by atoms with Crippen LogP contribution in [0.25, 0.3) is 10.1 Å². The standard InChI is InChI=1S/C20H19ClN2O3S/c1-12-14(21)7-5-8-15(12)23-19(25)18(24)22-11-20(2,26)17-10-13-6-3-4-9-16(13)27-17/h3-10,26H,11H2,1-2H3,(H,22,24)(H,23,25)/t20-/m0/s1. The molecule has 0 spiro atoms. The molecule has 1 atom stereocenters. The van der Waals surface area contributed by atoms with Gasteiger partial charge in [0.25, 0.3) is 0 Å². The number of amides is 2. The lowest BCUT2D eigenvalue weighted by atomic mass is 10.0. The number of thiophene rings is 1. The summed E-state index contributed by atoms with van der Waals surface area (Å²) in [4.78, 5) is 25.0. The van der Waals surface area contributed by atoms with Crippen molar-refractivity contribution in [3.63, 3.8) is 0 Å². The quantitative estimate of drug-likeness (QED) is 0.580. The molecule has 0 saturated heterocycles. The molecule has 2 amide bonds. The average Bonchev–Trinajstić information content (AvgIpc) is 3.08. The first-order valence-electron chi connectivity index (χ1n) is 8.33. The van der Waals surface area contributed by atoms with Crippen molar-refractivity contribution in [3.05, 3.63) is 64.0 Å². The third-order valence-corrected chi connectivity index (χ3v) is 6.05. The molecule has 27 heavy (non-hydrogen) atoms. The van der Waals surface area contributed by atoms with Gasteiger partial charge in [0, 0.05) is 20.3 Å². The van der Waals surface area contributed by atoms with Gasteiger partial charge >= 0.3 is 11.8 Å². The van der Waals surface area contributed by atoms with Gasteiger partial charge < -0.3 is 15.7 Å². The predicted octanol–water partition coefficient (Wildman–Crippen LogP) is 3.83. The van der Waals surface area contributed by atoms with Crippen LogP contribution in [0.1, 0.15) is 17.4 Å². The van der Waals surface area contributed by atoms with E-state index >= 15 is 0 Å². The molecule has 0 bridgehead atoms. The highest BCUT2D eigenvalue weighted by Gasteiger charge is 2.27. The minimum atomic E-state index is -1.29. The van der Waals surface area contributed by atoms with Crippen LogP contribution in [0.2, 0.25) is 5.02 Å². The number of anilines is 1. The first-order valence-corrected chi connectivity index (χ1v) is 9.53. The van der Waals surface area contributed by atoms with Gasteiger partial charge in [0.15, 0.2) is 0 Å². The first kappa shape index (κ1) is 19.4. The molecule has 0 radical (unpaired) electrons. The second-order valence-electron chi connectivity index (χ2n) is 6.47. The van der Waals surface area contributed by atoms with Gasteiger partial charge in [0.2, 0.25) is 0 Å². The first-order chi connectivity index (χ1) is 12.8. The maximum absolute atomic E-state index is 12.1. The molecule has 3 N–H and O–H groups in total. The van der Waals surface area contributed by atoms with E-state index in [0.717, 1.165) is 15.0 Å². The number of nitrogens with one attached hydrogen (secondary N) is 2. The molecular formula is C20H19ClN2O3S. The predicted molar refractivity (Wildman–Crippen MR) is 109 cm³/mol. The van der Waals surface area contributed by atoms with Crippen molar-refractivity contribution in [2.45, 2.75) is 19.4 Å². The van der Waals surface area contributed by atoms with Crippen LogP contribution in [0, 0.1) is 6.92 Å². The van der Waals surface area contributed by atoms with Crippen LogP contribution in [0.4, 0.5) is 5.69 Å². The van der Waals surface area contributed by atoms with Crippen LogP contribution in [0.15, 0.2) is 48.5 Å². The van der Waals surface area contributed by atoms with Crippen LogP contribution in [-0.4, -0.2) is 23.5 Å². The van der Waals surface area contributed by atoms with Gasteiger partial charge in [-0.2, -0.15) is 0 Å². The number of aliphatic hydroxyl groups is 1. The Kier molecular flexibility index (Phi) is 5.51. The molecule has 1 aromatic heterocycles. The summed E-state index contributed by atoms with van der Waals surface area (Å²) in [6, 6.07) is 14.7. The van der Waals surface area contributed by atoms with Crippen LogP contribution in [-0.2, 0) is 15.2 Å². The monoisotopic (exact) mass is 402 g/mol. The molecule has 0 saturated carbocycles. The van der Waals surface area contributed by atoms with E-state index in [1.165, 1.54) is 11.3 Å². The van der Waals surface area contributed by atoms with E-state index in [2.05, 4.69) is 10.6 Å². The van der Waals surface area contributed by atoms with E-state index in [4.69, 9.17) is 11.6 Å². The normalized spacial score (nSPS) is 13.2. The van der Waals surface area contributed by atoms with Gasteiger partial charge in [-0.05, 0) is 49.1 Å². The average molecular weight is 403 g/mol. The number of benzene rings is 2. The Bertz CT molecular complexity index is 980. The highest BCUT2D eigenvalue weighted by molar-refractivity contribution is 7.19. The number of carbonyl (C=O) groups is 2. The fourth-order valence-corrected chi connectivity index (χ4v) is 3.87. The van der Waals surface area contributed by atoms with Gasteiger partial charge in [-0.1, -0.05) is 35.9 Å². The molecule has 2 aromatic carbocycles. The fraction of sp³-hybridized carbons (Fsp3) is 0.200. The molecule has 1 heterocycles. The van der Waals surface area contributed by atoms with Gasteiger partial charge in [-0.25, -0.2) is 0 Å². The smallest absolute Gasteiger partial charge is 0.313 e. The van der Waals surface area contributed by atoms with Crippen molar-refractivity contribution in [1.29, 1.82) is 0 Å². The van der Waals surface area contributed by atoms with Crippen molar-refractivity contribution < 1.29 is 14.7 Å². The fourth-order valence-electron chi connectivity index (χ4n) is 2.59. The van der Waals surface area contributed by atoms with Crippen LogP contribution in [0.3, 0.4) is 0 Å². The van der Waals surface area contributed by atoms with Crippen LogP contribution < -0.4 is 10.6 Å². The minimum absolute atomic E-state index is 0.0827. The Morgan fingerprint density at radius 3 is 2.63 bits per heavy atom. The zero-order valence-electron chi connectivity index (χ0n) is 14.9. The Hall–Kier alpha value is -2.41. The van der Waals surface area contributed by atoms with E-state index in [9.17, 15) is 14.7 Å². The van der Waals surface area contributed by atoms with Crippen molar-refractivity contribution >= 4 is 50.5 Å². The van der Waals surface area contributed by atoms with Crippen LogP contribution >= 0.6 is 22.9 Å². The number of carbonyl (C=O) groups excluding carboxylic acids is 2. The zero-order chi connectivity index (χ0) is 19.6. The third-order valence-electron chi connectivity index (χ3n) is 4.27.